The van der Waals surface area contributed by atoms with Gasteiger partial charge in [0.05, 0.1) is 30.9 Å². The molecule has 1 aromatic rings. The Hall–Kier alpha value is -2.35. The van der Waals surface area contributed by atoms with E-state index in [-0.39, 0.29) is 22.4 Å². The lowest BCUT2D eigenvalue weighted by Gasteiger charge is -2.07. The average Bonchev–Trinajstić information content (AvgIpc) is 2.35. The molecule has 82 valence electrons. The minimum atomic E-state index is -0.609. The van der Waals surface area contributed by atoms with Crippen LogP contribution in [0.4, 0.5) is 0 Å². The van der Waals surface area contributed by atoms with Gasteiger partial charge >= 0.3 is 5.97 Å². The van der Waals surface area contributed by atoms with Crippen molar-refractivity contribution in [2.45, 2.75) is 0 Å². The van der Waals surface area contributed by atoms with Crippen LogP contribution >= 0.6 is 0 Å². The molecule has 5 nitrogen and oxygen atoms in total. The summed E-state index contributed by atoms with van der Waals surface area (Å²) in [6, 6.07) is 4.48. The highest BCUT2D eigenvalue weighted by Crippen LogP contribution is 2.24. The van der Waals surface area contributed by atoms with Crippen LogP contribution in [0.3, 0.4) is 0 Å². The van der Waals surface area contributed by atoms with Gasteiger partial charge in [0.15, 0.2) is 6.29 Å². The number of nitriles is 1. The second kappa shape index (κ2) is 4.94. The van der Waals surface area contributed by atoms with Gasteiger partial charge in [0.2, 0.25) is 0 Å². The Bertz CT molecular complexity index is 474. The molecule has 0 fully saturated rings. The second-order valence-corrected chi connectivity index (χ2v) is 2.87. The molecule has 0 aliphatic carbocycles. The highest BCUT2D eigenvalue weighted by molar-refractivity contribution is 5.93. The van der Waals surface area contributed by atoms with E-state index in [2.05, 4.69) is 4.74 Å². The van der Waals surface area contributed by atoms with E-state index in [4.69, 9.17) is 10.00 Å². The molecule has 1 aromatic carbocycles. The van der Waals surface area contributed by atoms with E-state index in [9.17, 15) is 9.59 Å². The van der Waals surface area contributed by atoms with Gasteiger partial charge in [0.1, 0.15) is 11.8 Å². The van der Waals surface area contributed by atoms with Crippen LogP contribution in [0.1, 0.15) is 26.3 Å². The summed E-state index contributed by atoms with van der Waals surface area (Å²) in [6.45, 7) is 0. The number of esters is 1. The number of carbonyl (C=O) groups is 2. The SMILES string of the molecule is COC(=O)c1cc(C#N)c(OC)c(C=O)c1. The first kappa shape index (κ1) is 11.7. The van der Waals surface area contributed by atoms with Crippen molar-refractivity contribution < 1.29 is 19.1 Å². The Morgan fingerprint density at radius 3 is 2.56 bits per heavy atom. The van der Waals surface area contributed by atoms with E-state index in [0.29, 0.717) is 6.29 Å². The van der Waals surface area contributed by atoms with Crippen LogP contribution in [-0.2, 0) is 4.74 Å². The molecule has 0 bridgehead atoms. The first-order chi connectivity index (χ1) is 7.67. The Morgan fingerprint density at radius 1 is 1.44 bits per heavy atom. The first-order valence-corrected chi connectivity index (χ1v) is 4.33. The van der Waals surface area contributed by atoms with Crippen LogP contribution in [0, 0.1) is 11.3 Å². The average molecular weight is 219 g/mol. The van der Waals surface area contributed by atoms with Gasteiger partial charge in [-0.1, -0.05) is 0 Å². The number of ether oxygens (including phenoxy) is 2. The summed E-state index contributed by atoms with van der Waals surface area (Å²) in [5.41, 5.74) is 0.399. The smallest absolute Gasteiger partial charge is 0.337 e. The van der Waals surface area contributed by atoms with Gasteiger partial charge in [-0.05, 0) is 12.1 Å². The van der Waals surface area contributed by atoms with E-state index in [1.165, 1.54) is 26.4 Å². The van der Waals surface area contributed by atoms with Crippen LogP contribution in [0.25, 0.3) is 0 Å². The van der Waals surface area contributed by atoms with Gasteiger partial charge in [-0.2, -0.15) is 5.26 Å². The molecule has 0 heterocycles. The summed E-state index contributed by atoms with van der Waals surface area (Å²) < 4.78 is 9.42. The fourth-order valence-corrected chi connectivity index (χ4v) is 1.29. The van der Waals surface area contributed by atoms with Crippen molar-refractivity contribution >= 4 is 12.3 Å². The number of carbonyl (C=O) groups excluding carboxylic acids is 2. The summed E-state index contributed by atoms with van der Waals surface area (Å²) in [6.07, 6.45) is 0.520. The molecule has 0 N–H and O–H groups in total. The van der Waals surface area contributed by atoms with Gasteiger partial charge in [-0.3, -0.25) is 4.79 Å². The molecule has 0 aliphatic rings. The molecule has 0 aliphatic heterocycles. The second-order valence-electron chi connectivity index (χ2n) is 2.87. The maximum Gasteiger partial charge on any atom is 0.337 e. The molecule has 16 heavy (non-hydrogen) atoms. The van der Waals surface area contributed by atoms with Crippen molar-refractivity contribution in [2.24, 2.45) is 0 Å². The molecular formula is C11H9NO4. The Morgan fingerprint density at radius 2 is 2.12 bits per heavy atom. The van der Waals surface area contributed by atoms with Gasteiger partial charge in [-0.15, -0.1) is 0 Å². The van der Waals surface area contributed by atoms with Crippen LogP contribution in [0.2, 0.25) is 0 Å². The fraction of sp³-hybridized carbons (Fsp3) is 0.182. The Balaban J connectivity index is 3.44. The monoisotopic (exact) mass is 219 g/mol. The van der Waals surface area contributed by atoms with E-state index in [1.807, 2.05) is 6.07 Å². The zero-order valence-electron chi connectivity index (χ0n) is 8.81. The van der Waals surface area contributed by atoms with E-state index in [0.717, 1.165) is 0 Å². The molecule has 0 saturated heterocycles. The molecule has 5 heteroatoms. The van der Waals surface area contributed by atoms with Gasteiger partial charge < -0.3 is 9.47 Å². The summed E-state index contributed by atoms with van der Waals surface area (Å²) in [5, 5.41) is 8.85. The molecule has 0 unspecified atom stereocenters. The standard InChI is InChI=1S/C11H9NO4/c1-15-10-8(5-12)3-7(11(14)16-2)4-9(10)6-13/h3-4,6H,1-2H3. The van der Waals surface area contributed by atoms with Crippen molar-refractivity contribution in [3.05, 3.63) is 28.8 Å². The molecule has 0 aromatic heterocycles. The molecule has 0 amide bonds. The molecule has 1 rings (SSSR count). The number of rotatable bonds is 3. The van der Waals surface area contributed by atoms with Crippen molar-refractivity contribution in [3.63, 3.8) is 0 Å². The maximum atomic E-state index is 11.3. The van der Waals surface area contributed by atoms with Gasteiger partial charge in [0, 0.05) is 0 Å². The third kappa shape index (κ3) is 2.01. The summed E-state index contributed by atoms with van der Waals surface area (Å²) >= 11 is 0. The third-order valence-electron chi connectivity index (χ3n) is 1.99. The minimum absolute atomic E-state index is 0.118. The lowest BCUT2D eigenvalue weighted by Crippen LogP contribution is -2.04. The highest BCUT2D eigenvalue weighted by atomic mass is 16.5. The van der Waals surface area contributed by atoms with Crippen LogP contribution in [0.5, 0.6) is 5.75 Å². The number of aldehydes is 1. The Kier molecular flexibility index (Phi) is 3.62. The predicted molar refractivity (Wildman–Crippen MR) is 54.4 cm³/mol. The van der Waals surface area contributed by atoms with E-state index in [1.54, 1.807) is 0 Å². The number of methoxy groups -OCH3 is 2. The van der Waals surface area contributed by atoms with Crippen LogP contribution < -0.4 is 4.74 Å². The predicted octanol–water partition coefficient (Wildman–Crippen LogP) is 1.17. The number of nitrogens with zero attached hydrogens (tertiary/aromatic N) is 1. The molecule has 0 radical (unpaired) electrons. The maximum absolute atomic E-state index is 11.3. The zero-order valence-corrected chi connectivity index (χ0v) is 8.81. The van der Waals surface area contributed by atoms with Gasteiger partial charge in [-0.25, -0.2) is 4.79 Å². The lowest BCUT2D eigenvalue weighted by molar-refractivity contribution is 0.0600. The topological polar surface area (TPSA) is 76.4 Å². The van der Waals surface area contributed by atoms with Crippen molar-refractivity contribution in [2.75, 3.05) is 14.2 Å². The lowest BCUT2D eigenvalue weighted by atomic mass is 10.1. The molecular weight excluding hydrogens is 210 g/mol. The number of benzene rings is 1. The van der Waals surface area contributed by atoms with Crippen molar-refractivity contribution in [3.8, 4) is 11.8 Å². The van der Waals surface area contributed by atoms with Crippen LogP contribution in [-0.4, -0.2) is 26.5 Å². The normalized spacial score (nSPS) is 9.06. The van der Waals surface area contributed by atoms with E-state index < -0.39 is 5.97 Å². The summed E-state index contributed by atoms with van der Waals surface area (Å²) in [4.78, 5) is 22.0. The zero-order chi connectivity index (χ0) is 12.1. The van der Waals surface area contributed by atoms with Crippen molar-refractivity contribution in [1.29, 1.82) is 5.26 Å². The van der Waals surface area contributed by atoms with Crippen LogP contribution in [0.15, 0.2) is 12.1 Å². The van der Waals surface area contributed by atoms with Crippen molar-refractivity contribution in [1.82, 2.24) is 0 Å². The highest BCUT2D eigenvalue weighted by Gasteiger charge is 2.15. The largest absolute Gasteiger partial charge is 0.495 e. The quantitative estimate of drug-likeness (QED) is 0.563. The fourth-order valence-electron chi connectivity index (χ4n) is 1.29. The number of hydrogen-bond acceptors (Lipinski definition) is 5. The summed E-state index contributed by atoms with van der Waals surface area (Å²) in [7, 11) is 2.57. The summed E-state index contributed by atoms with van der Waals surface area (Å²) in [5.74, 6) is -0.451. The first-order valence-electron chi connectivity index (χ1n) is 4.33. The molecule has 0 spiro atoms. The molecule has 0 saturated carbocycles. The third-order valence-corrected chi connectivity index (χ3v) is 1.99. The number of hydrogen-bond donors (Lipinski definition) is 0. The Labute approximate surface area is 92.2 Å². The minimum Gasteiger partial charge on any atom is -0.495 e. The van der Waals surface area contributed by atoms with Gasteiger partial charge in [0.25, 0.3) is 0 Å². The van der Waals surface area contributed by atoms with E-state index >= 15 is 0 Å². The molecule has 0 atom stereocenters.